The number of alkyl halides is 2. The average molecular weight is 399 g/mol. The van der Waals surface area contributed by atoms with Gasteiger partial charge in [-0.25, -0.2) is 22.2 Å². The predicted molar refractivity (Wildman–Crippen MR) is 61.6 cm³/mol. The van der Waals surface area contributed by atoms with Crippen LogP contribution in [0.1, 0.15) is 12.0 Å². The third-order valence-corrected chi connectivity index (χ3v) is 3.64. The zero-order chi connectivity index (χ0) is 13.4. The molecule has 17 heavy (non-hydrogen) atoms. The molecular weight excluding hydrogens is 396 g/mol. The fourth-order valence-corrected chi connectivity index (χ4v) is 2.59. The van der Waals surface area contributed by atoms with Crippen LogP contribution in [0.4, 0.5) is 14.5 Å². The van der Waals surface area contributed by atoms with Gasteiger partial charge in [-0.2, -0.15) is 0 Å². The summed E-state index contributed by atoms with van der Waals surface area (Å²) in [5, 5.41) is 9.73. The van der Waals surface area contributed by atoms with E-state index in [2.05, 4.69) is 4.98 Å². The van der Waals surface area contributed by atoms with Gasteiger partial charge in [-0.05, 0) is 22.6 Å². The quantitative estimate of drug-likeness (QED) is 0.256. The molecule has 0 spiro atoms. The van der Waals surface area contributed by atoms with E-state index in [1.165, 1.54) is 22.6 Å². The topological polar surface area (TPSA) is 90.2 Å². The Balaban J connectivity index is 3.64. The summed E-state index contributed by atoms with van der Waals surface area (Å²) in [7, 11) is 0.619. The van der Waals surface area contributed by atoms with Crippen molar-refractivity contribution in [1.29, 1.82) is 0 Å². The molecule has 0 unspecified atom stereocenters. The second-order valence-corrected chi connectivity index (χ2v) is 6.21. The summed E-state index contributed by atoms with van der Waals surface area (Å²) in [5.41, 5.74) is -1.96. The molecule has 0 fully saturated rings. The van der Waals surface area contributed by atoms with Gasteiger partial charge in [0.25, 0.3) is 21.2 Å². The van der Waals surface area contributed by atoms with Crippen molar-refractivity contribution in [2.24, 2.45) is 0 Å². The minimum Gasteiger partial charge on any atom is -0.258 e. The number of aromatic nitrogens is 1. The molecule has 0 saturated carbocycles. The van der Waals surface area contributed by atoms with Gasteiger partial charge in [0.15, 0.2) is 5.03 Å². The number of nitrogens with zero attached hydrogens (tertiary/aromatic N) is 2. The maximum Gasteiger partial charge on any atom is 0.283 e. The molecule has 0 atom stereocenters. The van der Waals surface area contributed by atoms with Crippen molar-refractivity contribution in [1.82, 2.24) is 4.98 Å². The molecule has 11 heteroatoms. The van der Waals surface area contributed by atoms with Gasteiger partial charge >= 0.3 is 0 Å². The van der Waals surface area contributed by atoms with Gasteiger partial charge in [0.1, 0.15) is 9.26 Å². The molecule has 0 amide bonds. The molecule has 1 aromatic heterocycles. The van der Waals surface area contributed by atoms with E-state index >= 15 is 0 Å². The molecule has 6 nitrogen and oxygen atoms in total. The summed E-state index contributed by atoms with van der Waals surface area (Å²) in [6.45, 7) is 0. The van der Waals surface area contributed by atoms with Crippen LogP contribution < -0.4 is 0 Å². The highest BCUT2D eigenvalue weighted by molar-refractivity contribution is 14.1. The largest absolute Gasteiger partial charge is 0.283 e. The van der Waals surface area contributed by atoms with Gasteiger partial charge < -0.3 is 0 Å². The summed E-state index contributed by atoms with van der Waals surface area (Å²) in [6, 6.07) is 0.409. The molecule has 1 rings (SSSR count). The van der Waals surface area contributed by atoms with Crippen LogP contribution in [0, 0.1) is 13.8 Å². The third-order valence-electron chi connectivity index (χ3n) is 1.63. The monoisotopic (exact) mass is 398 g/mol. The molecule has 0 radical (unpaired) electrons. The minimum absolute atomic E-state index is 0.409. The van der Waals surface area contributed by atoms with Crippen LogP contribution in [0.15, 0.2) is 11.1 Å². The van der Waals surface area contributed by atoms with Crippen LogP contribution in [0.3, 0.4) is 0 Å². The molecule has 1 aromatic rings. The normalized spacial score (nSPS) is 11.8. The van der Waals surface area contributed by atoms with E-state index in [0.717, 1.165) is 0 Å². The molecule has 94 valence electrons. The van der Waals surface area contributed by atoms with Crippen LogP contribution >= 0.6 is 33.3 Å². The van der Waals surface area contributed by atoms with Gasteiger partial charge in [0.05, 0.1) is 11.0 Å². The van der Waals surface area contributed by atoms with Crippen molar-refractivity contribution in [3.63, 3.8) is 0 Å². The Labute approximate surface area is 112 Å². The number of pyridine rings is 1. The molecule has 0 N–H and O–H groups in total. The van der Waals surface area contributed by atoms with E-state index in [1.54, 1.807) is 0 Å². The summed E-state index contributed by atoms with van der Waals surface area (Å²) < 4.78 is 46.5. The molecule has 0 aromatic carbocycles. The lowest BCUT2D eigenvalue weighted by atomic mass is 10.2. The number of hydrogen-bond donors (Lipinski definition) is 0. The number of hydrogen-bond acceptors (Lipinski definition) is 5. The molecule has 0 aliphatic heterocycles. The molecule has 0 aliphatic rings. The maximum atomic E-state index is 12.5. The smallest absolute Gasteiger partial charge is 0.258 e. The highest BCUT2D eigenvalue weighted by Gasteiger charge is 2.29. The van der Waals surface area contributed by atoms with Crippen LogP contribution in [0.2, 0.25) is 0 Å². The van der Waals surface area contributed by atoms with E-state index in [0.29, 0.717) is 6.07 Å². The molecule has 1 heterocycles. The zero-order valence-electron chi connectivity index (χ0n) is 7.60. The lowest BCUT2D eigenvalue weighted by Crippen LogP contribution is -2.05. The van der Waals surface area contributed by atoms with E-state index < -0.39 is 40.4 Å². The minimum atomic E-state index is -4.32. The van der Waals surface area contributed by atoms with Gasteiger partial charge in [-0.1, -0.05) is 0 Å². The summed E-state index contributed by atoms with van der Waals surface area (Å²) in [5.74, 6) is 0. The fourth-order valence-electron chi connectivity index (χ4n) is 0.967. The predicted octanol–water partition coefficient (Wildman–Crippen LogP) is 2.46. The first-order valence-electron chi connectivity index (χ1n) is 3.72. The Morgan fingerprint density at radius 3 is 2.41 bits per heavy atom. The maximum absolute atomic E-state index is 12.5. The fraction of sp³-hybridized carbons (Fsp3) is 0.167. The SMILES string of the molecule is O=[N+]([O-])c1cc(S(=O)(=O)Cl)nc(I)c1C(F)F. The Kier molecular flexibility index (Phi) is 4.19. The van der Waals surface area contributed by atoms with Crippen LogP contribution in [-0.4, -0.2) is 18.3 Å². The number of nitro groups is 1. The highest BCUT2D eigenvalue weighted by Crippen LogP contribution is 2.34. The zero-order valence-corrected chi connectivity index (χ0v) is 11.3. The Hall–Kier alpha value is -0.620. The van der Waals surface area contributed by atoms with Crippen molar-refractivity contribution in [2.75, 3.05) is 0 Å². The summed E-state index contributed by atoms with van der Waals surface area (Å²) in [6.07, 6.45) is -3.14. The Morgan fingerprint density at radius 1 is 1.53 bits per heavy atom. The van der Waals surface area contributed by atoms with Gasteiger partial charge in [0, 0.05) is 10.7 Å². The van der Waals surface area contributed by atoms with Crippen molar-refractivity contribution in [3.05, 3.63) is 25.4 Å². The summed E-state index contributed by atoms with van der Waals surface area (Å²) in [4.78, 5) is 12.7. The lowest BCUT2D eigenvalue weighted by molar-refractivity contribution is -0.386. The first-order chi connectivity index (χ1) is 7.64. The van der Waals surface area contributed by atoms with Crippen molar-refractivity contribution >= 4 is 48.0 Å². The van der Waals surface area contributed by atoms with E-state index in [9.17, 15) is 27.3 Å². The number of rotatable bonds is 3. The van der Waals surface area contributed by atoms with E-state index in [-0.39, 0.29) is 0 Å². The summed E-state index contributed by atoms with van der Waals surface area (Å²) >= 11 is 1.28. The molecule has 0 aliphatic carbocycles. The standard InChI is InChI=1S/C6H2ClF2IN2O4S/c7-17(15,16)3-1-2(12(13)14)4(5(8)9)6(10)11-3/h1,5H. The molecule has 0 saturated heterocycles. The highest BCUT2D eigenvalue weighted by atomic mass is 127. The Bertz CT molecular complexity index is 580. The average Bonchev–Trinajstić information content (AvgIpc) is 2.13. The second-order valence-electron chi connectivity index (χ2n) is 2.68. The molecular formula is C6H2ClF2IN2O4S. The van der Waals surface area contributed by atoms with Crippen molar-refractivity contribution in [2.45, 2.75) is 11.5 Å². The number of halogens is 4. The van der Waals surface area contributed by atoms with Crippen LogP contribution in [-0.2, 0) is 9.05 Å². The van der Waals surface area contributed by atoms with Crippen LogP contribution in [0.5, 0.6) is 0 Å². The van der Waals surface area contributed by atoms with Crippen LogP contribution in [0.25, 0.3) is 0 Å². The third kappa shape index (κ3) is 3.19. The van der Waals surface area contributed by atoms with Crippen molar-refractivity contribution in [3.8, 4) is 0 Å². The van der Waals surface area contributed by atoms with Gasteiger partial charge in [-0.3, -0.25) is 10.1 Å². The van der Waals surface area contributed by atoms with Gasteiger partial charge in [-0.15, -0.1) is 0 Å². The van der Waals surface area contributed by atoms with E-state index in [4.69, 9.17) is 10.7 Å². The lowest BCUT2D eigenvalue weighted by Gasteiger charge is -2.05. The Morgan fingerprint density at radius 2 is 2.06 bits per heavy atom. The van der Waals surface area contributed by atoms with Gasteiger partial charge in [0.2, 0.25) is 0 Å². The van der Waals surface area contributed by atoms with E-state index in [1.807, 2.05) is 0 Å². The van der Waals surface area contributed by atoms with Crippen molar-refractivity contribution < 1.29 is 22.1 Å². The first-order valence-corrected chi connectivity index (χ1v) is 7.11. The molecule has 0 bridgehead atoms. The first kappa shape index (κ1) is 14.4. The second kappa shape index (κ2) is 4.94.